The summed E-state index contributed by atoms with van der Waals surface area (Å²) in [5.41, 5.74) is 2.31. The standard InChI is InChI=1S/C4H6N2O2.C4H10.C2H6/c1-6-4(8)2-3(7)5-6;1-3-4-2;1-2/h2H2,1H3,(H,5,7);3-4H2,1-2H3;1-2H3. The third-order valence-corrected chi connectivity index (χ3v) is 1.48. The van der Waals surface area contributed by atoms with Gasteiger partial charge in [0, 0.05) is 7.05 Å². The number of rotatable bonds is 1. The molecule has 1 N–H and O–H groups in total. The van der Waals surface area contributed by atoms with Crippen LogP contribution in [0, 0.1) is 0 Å². The molecule has 0 bridgehead atoms. The Labute approximate surface area is 86.6 Å². The van der Waals surface area contributed by atoms with Crippen LogP contribution in [0.4, 0.5) is 0 Å². The van der Waals surface area contributed by atoms with E-state index in [4.69, 9.17) is 0 Å². The number of nitrogens with zero attached hydrogens (tertiary/aromatic N) is 1. The molecule has 1 aliphatic heterocycles. The molecule has 1 aliphatic rings. The molecule has 84 valence electrons. The Kier molecular flexibility index (Phi) is 11.0. The third-order valence-electron chi connectivity index (χ3n) is 1.48. The Bertz CT molecular complexity index is 168. The Morgan fingerprint density at radius 2 is 1.64 bits per heavy atom. The van der Waals surface area contributed by atoms with E-state index in [1.807, 2.05) is 13.8 Å². The van der Waals surface area contributed by atoms with E-state index in [1.54, 1.807) is 0 Å². The largest absolute Gasteiger partial charge is 0.273 e. The van der Waals surface area contributed by atoms with Crippen LogP contribution in [0.15, 0.2) is 0 Å². The van der Waals surface area contributed by atoms with Crippen LogP contribution in [-0.2, 0) is 9.59 Å². The van der Waals surface area contributed by atoms with Crippen LogP contribution in [0.1, 0.15) is 47.0 Å². The van der Waals surface area contributed by atoms with Crippen molar-refractivity contribution >= 4 is 11.8 Å². The third kappa shape index (κ3) is 7.58. The highest BCUT2D eigenvalue weighted by atomic mass is 16.2. The maximum atomic E-state index is 10.4. The molecule has 0 aliphatic carbocycles. The van der Waals surface area contributed by atoms with E-state index >= 15 is 0 Å². The monoisotopic (exact) mass is 202 g/mol. The van der Waals surface area contributed by atoms with Crippen molar-refractivity contribution < 1.29 is 9.59 Å². The molecule has 0 aromatic heterocycles. The molecule has 1 heterocycles. The van der Waals surface area contributed by atoms with Gasteiger partial charge in [0.25, 0.3) is 0 Å². The Morgan fingerprint density at radius 3 is 1.71 bits per heavy atom. The minimum absolute atomic E-state index is 0.00347. The van der Waals surface area contributed by atoms with Crippen molar-refractivity contribution in [2.45, 2.75) is 47.0 Å². The molecule has 2 amide bonds. The molecule has 1 fully saturated rings. The van der Waals surface area contributed by atoms with Crippen molar-refractivity contribution in [1.82, 2.24) is 10.4 Å². The van der Waals surface area contributed by atoms with Gasteiger partial charge in [-0.2, -0.15) is 0 Å². The quantitative estimate of drug-likeness (QED) is 0.658. The van der Waals surface area contributed by atoms with Crippen LogP contribution in [-0.4, -0.2) is 23.9 Å². The number of hydrogen-bond acceptors (Lipinski definition) is 2. The van der Waals surface area contributed by atoms with Crippen LogP contribution in [0.25, 0.3) is 0 Å². The van der Waals surface area contributed by atoms with E-state index in [1.165, 1.54) is 24.9 Å². The lowest BCUT2D eigenvalue weighted by Crippen LogP contribution is -2.31. The predicted octanol–water partition coefficient (Wildman–Crippen LogP) is 1.71. The zero-order valence-corrected chi connectivity index (χ0v) is 9.89. The summed E-state index contributed by atoms with van der Waals surface area (Å²) in [6.07, 6.45) is 2.64. The van der Waals surface area contributed by atoms with Gasteiger partial charge < -0.3 is 0 Å². The molecule has 0 unspecified atom stereocenters. The zero-order valence-electron chi connectivity index (χ0n) is 9.89. The molecule has 0 atom stereocenters. The van der Waals surface area contributed by atoms with E-state index in [9.17, 15) is 9.59 Å². The first-order chi connectivity index (χ1) is 6.61. The molecule has 1 rings (SSSR count). The summed E-state index contributed by atoms with van der Waals surface area (Å²) in [5.74, 6) is -0.396. The van der Waals surface area contributed by atoms with Gasteiger partial charge in [-0.05, 0) is 0 Å². The second-order valence-corrected chi connectivity index (χ2v) is 2.66. The van der Waals surface area contributed by atoms with Crippen LogP contribution < -0.4 is 5.43 Å². The number of nitrogens with one attached hydrogen (secondary N) is 1. The second kappa shape index (κ2) is 10.0. The molecule has 0 aromatic carbocycles. The SMILES string of the molecule is CC.CCCC.CN1NC(=O)CC1=O. The minimum atomic E-state index is -0.225. The van der Waals surface area contributed by atoms with Gasteiger partial charge in [-0.1, -0.05) is 40.5 Å². The topological polar surface area (TPSA) is 49.4 Å². The first-order valence-electron chi connectivity index (χ1n) is 5.17. The summed E-state index contributed by atoms with van der Waals surface area (Å²) >= 11 is 0. The summed E-state index contributed by atoms with van der Waals surface area (Å²) in [6.45, 7) is 8.36. The number of hydrazine groups is 1. The fourth-order valence-electron chi connectivity index (χ4n) is 0.545. The Balaban J connectivity index is 0. The highest BCUT2D eigenvalue weighted by molar-refractivity contribution is 6.01. The molecule has 14 heavy (non-hydrogen) atoms. The molecular weight excluding hydrogens is 180 g/mol. The Hall–Kier alpha value is -1.06. The van der Waals surface area contributed by atoms with Gasteiger partial charge >= 0.3 is 0 Å². The van der Waals surface area contributed by atoms with Gasteiger partial charge in [0.15, 0.2) is 0 Å². The van der Waals surface area contributed by atoms with Crippen LogP contribution >= 0.6 is 0 Å². The molecule has 1 saturated heterocycles. The number of carbonyl (C=O) groups excluding carboxylic acids is 2. The fraction of sp³-hybridized carbons (Fsp3) is 0.800. The van der Waals surface area contributed by atoms with Crippen molar-refractivity contribution in [2.24, 2.45) is 0 Å². The molecule has 0 saturated carbocycles. The van der Waals surface area contributed by atoms with Gasteiger partial charge in [-0.25, -0.2) is 0 Å². The average molecular weight is 202 g/mol. The highest BCUT2D eigenvalue weighted by Crippen LogP contribution is 1.94. The molecule has 0 radical (unpaired) electrons. The molecular formula is C10H22N2O2. The van der Waals surface area contributed by atoms with Gasteiger partial charge in [0.05, 0.1) is 0 Å². The number of hydrogen-bond donors (Lipinski definition) is 1. The van der Waals surface area contributed by atoms with Crippen LogP contribution in [0.2, 0.25) is 0 Å². The summed E-state index contributed by atoms with van der Waals surface area (Å²) < 4.78 is 0. The van der Waals surface area contributed by atoms with E-state index < -0.39 is 0 Å². The number of unbranched alkanes of at least 4 members (excludes halogenated alkanes) is 1. The summed E-state index contributed by atoms with van der Waals surface area (Å²) in [5, 5.41) is 1.18. The normalized spacial score (nSPS) is 13.6. The molecule has 0 aromatic rings. The van der Waals surface area contributed by atoms with Gasteiger partial charge in [-0.15, -0.1) is 0 Å². The summed E-state index contributed by atoms with van der Waals surface area (Å²) in [6, 6.07) is 0. The van der Waals surface area contributed by atoms with Crippen LogP contribution in [0.5, 0.6) is 0 Å². The van der Waals surface area contributed by atoms with Crippen molar-refractivity contribution in [2.75, 3.05) is 7.05 Å². The fourth-order valence-corrected chi connectivity index (χ4v) is 0.545. The first kappa shape index (κ1) is 15.4. The lowest BCUT2D eigenvalue weighted by molar-refractivity contribution is -0.128. The van der Waals surface area contributed by atoms with Gasteiger partial charge in [0.1, 0.15) is 6.42 Å². The van der Waals surface area contributed by atoms with Gasteiger partial charge in [-0.3, -0.25) is 20.0 Å². The van der Waals surface area contributed by atoms with E-state index in [2.05, 4.69) is 19.3 Å². The predicted molar refractivity (Wildman–Crippen MR) is 57.5 cm³/mol. The van der Waals surface area contributed by atoms with E-state index in [0.29, 0.717) is 0 Å². The number of carbonyl (C=O) groups is 2. The maximum absolute atomic E-state index is 10.4. The van der Waals surface area contributed by atoms with Crippen molar-refractivity contribution in [1.29, 1.82) is 0 Å². The van der Waals surface area contributed by atoms with E-state index in [0.717, 1.165) is 0 Å². The Morgan fingerprint density at radius 1 is 1.21 bits per heavy atom. The molecule has 4 heteroatoms. The smallest absolute Gasteiger partial charge is 0.250 e. The minimum Gasteiger partial charge on any atom is -0.273 e. The van der Waals surface area contributed by atoms with Crippen molar-refractivity contribution in [3.63, 3.8) is 0 Å². The second-order valence-electron chi connectivity index (χ2n) is 2.66. The van der Waals surface area contributed by atoms with Crippen molar-refractivity contribution in [3.8, 4) is 0 Å². The lowest BCUT2D eigenvalue weighted by Gasteiger charge is -2.04. The highest BCUT2D eigenvalue weighted by Gasteiger charge is 2.22. The average Bonchev–Trinajstić information content (AvgIpc) is 2.48. The van der Waals surface area contributed by atoms with E-state index in [-0.39, 0.29) is 18.2 Å². The lowest BCUT2D eigenvalue weighted by atomic mass is 10.4. The maximum Gasteiger partial charge on any atom is 0.250 e. The summed E-state index contributed by atoms with van der Waals surface area (Å²) in [7, 11) is 1.52. The number of amides is 2. The first-order valence-corrected chi connectivity index (χ1v) is 5.17. The van der Waals surface area contributed by atoms with Crippen LogP contribution in [0.3, 0.4) is 0 Å². The van der Waals surface area contributed by atoms with Crippen molar-refractivity contribution in [3.05, 3.63) is 0 Å². The molecule has 4 nitrogen and oxygen atoms in total. The molecule has 0 spiro atoms. The van der Waals surface area contributed by atoms with Gasteiger partial charge in [0.2, 0.25) is 11.8 Å². The summed E-state index contributed by atoms with van der Waals surface area (Å²) in [4.78, 5) is 20.7. The zero-order chi connectivity index (χ0) is 11.6.